The molecule has 2 N–H and O–H groups in total. The molecule has 0 aliphatic carbocycles. The molecule has 1 aromatic carbocycles. The molecule has 3 nitrogen and oxygen atoms in total. The fraction of sp³-hybridized carbons (Fsp3) is 0.417. The molecule has 0 heterocycles. The van der Waals surface area contributed by atoms with E-state index in [4.69, 9.17) is 5.11 Å². The Labute approximate surface area is 104 Å². The predicted octanol–water partition coefficient (Wildman–Crippen LogP) is 2.63. The van der Waals surface area contributed by atoms with Gasteiger partial charge in [0.1, 0.15) is 6.04 Å². The zero-order valence-electron chi connectivity index (χ0n) is 9.67. The van der Waals surface area contributed by atoms with Crippen LogP contribution in [0.4, 0.5) is 0 Å². The van der Waals surface area contributed by atoms with Crippen molar-refractivity contribution >= 4 is 21.9 Å². The van der Waals surface area contributed by atoms with Gasteiger partial charge in [-0.05, 0) is 37.5 Å². The Balaban J connectivity index is 2.75. The summed E-state index contributed by atoms with van der Waals surface area (Å²) in [6, 6.07) is 3.52. The Kier molecular flexibility index (Phi) is 4.50. The molecule has 0 aromatic heterocycles. The number of nitrogens with one attached hydrogen (secondary N) is 1. The lowest BCUT2D eigenvalue weighted by Crippen LogP contribution is -2.33. The summed E-state index contributed by atoms with van der Waals surface area (Å²) in [5, 5.41) is 11.7. The molecule has 0 bridgehead atoms. The molecule has 0 aliphatic rings. The van der Waals surface area contributed by atoms with Gasteiger partial charge in [0.25, 0.3) is 0 Å². The van der Waals surface area contributed by atoms with Crippen molar-refractivity contribution in [2.24, 2.45) is 0 Å². The Morgan fingerprint density at radius 2 is 2.12 bits per heavy atom. The Bertz CT molecular complexity index is 404. The highest BCUT2D eigenvalue weighted by Crippen LogP contribution is 2.23. The molecule has 0 saturated heterocycles. The molecule has 1 unspecified atom stereocenters. The number of benzene rings is 1. The SMILES string of the molecule is Cc1ccc(CNC(C)C(=O)O)c(C)c1Br. The number of aliphatic carboxylic acids is 1. The van der Waals surface area contributed by atoms with Crippen LogP contribution in [0.2, 0.25) is 0 Å². The summed E-state index contributed by atoms with van der Waals surface area (Å²) >= 11 is 3.52. The summed E-state index contributed by atoms with van der Waals surface area (Å²) in [4.78, 5) is 10.7. The summed E-state index contributed by atoms with van der Waals surface area (Å²) in [5.41, 5.74) is 3.46. The highest BCUT2D eigenvalue weighted by Gasteiger charge is 2.11. The number of aryl methyl sites for hydroxylation is 1. The quantitative estimate of drug-likeness (QED) is 0.894. The lowest BCUT2D eigenvalue weighted by Gasteiger charge is -2.13. The third kappa shape index (κ3) is 3.06. The van der Waals surface area contributed by atoms with Gasteiger partial charge in [-0.25, -0.2) is 0 Å². The Morgan fingerprint density at radius 1 is 1.50 bits per heavy atom. The first-order valence-corrected chi connectivity index (χ1v) is 5.93. The highest BCUT2D eigenvalue weighted by atomic mass is 79.9. The van der Waals surface area contributed by atoms with Crippen LogP contribution in [0.5, 0.6) is 0 Å². The van der Waals surface area contributed by atoms with Crippen LogP contribution in [0.1, 0.15) is 23.6 Å². The van der Waals surface area contributed by atoms with Crippen molar-refractivity contribution in [3.63, 3.8) is 0 Å². The molecule has 0 fully saturated rings. The molecule has 0 amide bonds. The second kappa shape index (κ2) is 5.46. The van der Waals surface area contributed by atoms with E-state index in [1.807, 2.05) is 26.0 Å². The fourth-order valence-corrected chi connectivity index (χ4v) is 1.79. The molecule has 0 radical (unpaired) electrons. The number of rotatable bonds is 4. The molecular formula is C12H16BrNO2. The largest absolute Gasteiger partial charge is 0.480 e. The van der Waals surface area contributed by atoms with E-state index < -0.39 is 12.0 Å². The van der Waals surface area contributed by atoms with Gasteiger partial charge < -0.3 is 10.4 Å². The van der Waals surface area contributed by atoms with Crippen LogP contribution < -0.4 is 5.32 Å². The van der Waals surface area contributed by atoms with Crippen LogP contribution in [-0.4, -0.2) is 17.1 Å². The van der Waals surface area contributed by atoms with E-state index in [1.165, 1.54) is 5.56 Å². The molecule has 0 spiro atoms. The number of carboxylic acids is 1. The third-order valence-electron chi connectivity index (χ3n) is 2.66. The monoisotopic (exact) mass is 285 g/mol. The van der Waals surface area contributed by atoms with Crippen LogP contribution in [0.15, 0.2) is 16.6 Å². The topological polar surface area (TPSA) is 49.3 Å². The normalized spacial score (nSPS) is 12.5. The molecule has 4 heteroatoms. The molecule has 16 heavy (non-hydrogen) atoms. The van der Waals surface area contributed by atoms with Crippen molar-refractivity contribution < 1.29 is 9.90 Å². The maximum atomic E-state index is 10.7. The molecule has 1 atom stereocenters. The maximum Gasteiger partial charge on any atom is 0.320 e. The molecule has 1 rings (SSSR count). The summed E-state index contributed by atoms with van der Waals surface area (Å²) < 4.78 is 1.09. The van der Waals surface area contributed by atoms with E-state index >= 15 is 0 Å². The molecule has 88 valence electrons. The van der Waals surface area contributed by atoms with E-state index in [2.05, 4.69) is 21.2 Å². The second-order valence-corrected chi connectivity index (χ2v) is 4.71. The standard InChI is InChI=1S/C12H16BrNO2/c1-7-4-5-10(8(2)11(7)13)6-14-9(3)12(15)16/h4-5,9,14H,6H2,1-3H3,(H,15,16). The van der Waals surface area contributed by atoms with Crippen molar-refractivity contribution in [2.45, 2.75) is 33.4 Å². The van der Waals surface area contributed by atoms with E-state index in [1.54, 1.807) is 6.92 Å². The minimum absolute atomic E-state index is 0.528. The van der Waals surface area contributed by atoms with E-state index in [-0.39, 0.29) is 0 Å². The molecule has 0 saturated carbocycles. The van der Waals surface area contributed by atoms with Crippen molar-refractivity contribution in [3.05, 3.63) is 33.3 Å². The van der Waals surface area contributed by atoms with Gasteiger partial charge in [0.15, 0.2) is 0 Å². The van der Waals surface area contributed by atoms with Gasteiger partial charge in [-0.2, -0.15) is 0 Å². The number of carbonyl (C=O) groups is 1. The van der Waals surface area contributed by atoms with E-state index in [0.29, 0.717) is 6.54 Å². The summed E-state index contributed by atoms with van der Waals surface area (Å²) in [6.07, 6.45) is 0. The van der Waals surface area contributed by atoms with Crippen LogP contribution in [0.3, 0.4) is 0 Å². The van der Waals surface area contributed by atoms with Crippen molar-refractivity contribution in [1.82, 2.24) is 5.32 Å². The van der Waals surface area contributed by atoms with Crippen LogP contribution in [0, 0.1) is 13.8 Å². The predicted molar refractivity (Wildman–Crippen MR) is 67.6 cm³/mol. The molecular weight excluding hydrogens is 270 g/mol. The van der Waals surface area contributed by atoms with Gasteiger partial charge in [-0.1, -0.05) is 28.1 Å². The lowest BCUT2D eigenvalue weighted by atomic mass is 10.1. The second-order valence-electron chi connectivity index (χ2n) is 3.92. The number of hydrogen-bond donors (Lipinski definition) is 2. The minimum Gasteiger partial charge on any atom is -0.480 e. The first-order chi connectivity index (χ1) is 7.43. The number of halogens is 1. The lowest BCUT2D eigenvalue weighted by molar-refractivity contribution is -0.139. The third-order valence-corrected chi connectivity index (χ3v) is 3.88. The van der Waals surface area contributed by atoms with Gasteiger partial charge in [0.2, 0.25) is 0 Å². The first kappa shape index (κ1) is 13.2. The van der Waals surface area contributed by atoms with Crippen LogP contribution in [0.25, 0.3) is 0 Å². The fourth-order valence-electron chi connectivity index (χ4n) is 1.40. The van der Waals surface area contributed by atoms with Gasteiger partial charge in [0.05, 0.1) is 0 Å². The minimum atomic E-state index is -0.830. The number of carboxylic acid groups (broad SMARTS) is 1. The Morgan fingerprint density at radius 3 is 2.69 bits per heavy atom. The number of hydrogen-bond acceptors (Lipinski definition) is 2. The Hall–Kier alpha value is -0.870. The van der Waals surface area contributed by atoms with Gasteiger partial charge in [0, 0.05) is 11.0 Å². The summed E-state index contributed by atoms with van der Waals surface area (Å²) in [5.74, 6) is -0.830. The molecule has 1 aromatic rings. The van der Waals surface area contributed by atoms with Crippen molar-refractivity contribution in [1.29, 1.82) is 0 Å². The van der Waals surface area contributed by atoms with Crippen LogP contribution in [-0.2, 0) is 11.3 Å². The van der Waals surface area contributed by atoms with Gasteiger partial charge in [-0.3, -0.25) is 4.79 Å². The van der Waals surface area contributed by atoms with E-state index in [9.17, 15) is 4.79 Å². The zero-order chi connectivity index (χ0) is 12.3. The summed E-state index contributed by atoms with van der Waals surface area (Å²) in [6.45, 7) is 6.27. The smallest absolute Gasteiger partial charge is 0.320 e. The zero-order valence-corrected chi connectivity index (χ0v) is 11.3. The first-order valence-electron chi connectivity index (χ1n) is 5.14. The van der Waals surface area contributed by atoms with Crippen molar-refractivity contribution in [2.75, 3.05) is 0 Å². The summed E-state index contributed by atoms with van der Waals surface area (Å²) in [7, 11) is 0. The van der Waals surface area contributed by atoms with E-state index in [0.717, 1.165) is 15.6 Å². The average Bonchev–Trinajstić information content (AvgIpc) is 2.24. The van der Waals surface area contributed by atoms with Gasteiger partial charge >= 0.3 is 5.97 Å². The van der Waals surface area contributed by atoms with Crippen molar-refractivity contribution in [3.8, 4) is 0 Å². The molecule has 0 aliphatic heterocycles. The maximum absolute atomic E-state index is 10.7. The average molecular weight is 286 g/mol. The van der Waals surface area contributed by atoms with Crippen LogP contribution >= 0.6 is 15.9 Å². The van der Waals surface area contributed by atoms with Gasteiger partial charge in [-0.15, -0.1) is 0 Å². The highest BCUT2D eigenvalue weighted by molar-refractivity contribution is 9.10.